The molecule has 4 heterocycles. The molecule has 0 bridgehead atoms. The molecule has 4 rings (SSSR count). The predicted octanol–water partition coefficient (Wildman–Crippen LogP) is 3.08. The van der Waals surface area contributed by atoms with Gasteiger partial charge in [-0.05, 0) is 87.5 Å². The van der Waals surface area contributed by atoms with Crippen LogP contribution in [0.4, 0.5) is 0 Å². The van der Waals surface area contributed by atoms with Gasteiger partial charge in [0.1, 0.15) is 23.9 Å². The number of methoxy groups -OCH3 is 1. The Kier molecular flexibility index (Phi) is 16.2. The maximum atomic E-state index is 14.4. The number of amidine groups is 1. The van der Waals surface area contributed by atoms with Crippen LogP contribution in [0.1, 0.15) is 109 Å². The lowest BCUT2D eigenvalue weighted by Gasteiger charge is -2.48. The van der Waals surface area contributed by atoms with Gasteiger partial charge in [0.05, 0.1) is 54.1 Å². The molecule has 4 aliphatic heterocycles. The van der Waals surface area contributed by atoms with E-state index < -0.39 is 96.0 Å². The first-order valence-corrected chi connectivity index (χ1v) is 21.2. The monoisotopic (exact) mass is 826 g/mol. The van der Waals surface area contributed by atoms with E-state index in [4.69, 9.17) is 44.6 Å². The Balaban J connectivity index is 1.86. The molecule has 0 aromatic heterocycles. The number of esters is 1. The van der Waals surface area contributed by atoms with Crippen LogP contribution in [0.25, 0.3) is 0 Å². The van der Waals surface area contributed by atoms with Crippen LogP contribution >= 0.6 is 0 Å². The van der Waals surface area contributed by atoms with Gasteiger partial charge in [-0.25, -0.2) is 4.99 Å². The highest BCUT2D eigenvalue weighted by molar-refractivity contribution is 5.76. The molecule has 4 aliphatic rings. The van der Waals surface area contributed by atoms with Crippen LogP contribution in [-0.4, -0.2) is 166 Å². The average molecular weight is 826 g/mol. The van der Waals surface area contributed by atoms with Crippen LogP contribution < -0.4 is 0 Å². The first kappa shape index (κ1) is 48.6. The third kappa shape index (κ3) is 10.5. The minimum atomic E-state index is -1.87. The van der Waals surface area contributed by atoms with Crippen molar-refractivity contribution in [3.63, 3.8) is 0 Å². The minimum absolute atomic E-state index is 0.0137. The second-order valence-electron chi connectivity index (χ2n) is 18.6. The van der Waals surface area contributed by atoms with E-state index in [9.17, 15) is 25.2 Å². The predicted molar refractivity (Wildman–Crippen MR) is 217 cm³/mol. The van der Waals surface area contributed by atoms with Gasteiger partial charge in [-0.1, -0.05) is 26.7 Å². The molecule has 4 saturated heterocycles. The third-order valence-electron chi connectivity index (χ3n) is 13.0. The van der Waals surface area contributed by atoms with Gasteiger partial charge in [0, 0.05) is 45.1 Å². The summed E-state index contributed by atoms with van der Waals surface area (Å²) in [6.07, 6.45) is -1.83. The molecule has 0 amide bonds. The fraction of sp³-hybridized carbons (Fsp3) is 0.907. The smallest absolute Gasteiger partial charge is 0.311 e. The number of carbonyl (C=O) groups excluding carboxylic acids is 1. The zero-order chi connectivity index (χ0) is 43.7. The van der Waals surface area contributed by atoms with Crippen molar-refractivity contribution in [1.29, 1.82) is 0 Å². The van der Waals surface area contributed by atoms with E-state index >= 15 is 0 Å². The summed E-state index contributed by atoms with van der Waals surface area (Å²) in [4.78, 5) is 23.0. The Hall–Kier alpha value is -2.10. The van der Waals surface area contributed by atoms with Gasteiger partial charge in [-0.2, -0.15) is 0 Å². The summed E-state index contributed by atoms with van der Waals surface area (Å²) < 4.78 is 44.9. The first-order chi connectivity index (χ1) is 26.9. The molecular formula is C43H75N3O12. The minimum Gasteiger partial charge on any atom is -0.459 e. The zero-order valence-electron chi connectivity index (χ0n) is 37.5. The van der Waals surface area contributed by atoms with Crippen molar-refractivity contribution < 1.29 is 58.4 Å². The summed E-state index contributed by atoms with van der Waals surface area (Å²) in [7, 11) is 3.46. The number of hydrogen-bond donors (Lipinski definition) is 4. The number of ether oxygens (including phenoxy) is 7. The van der Waals surface area contributed by atoms with Gasteiger partial charge in [0.25, 0.3) is 6.02 Å². The number of likely N-dealkylation sites (N-methyl/N-ethyl adjacent to an activating group) is 1. The van der Waals surface area contributed by atoms with Crippen LogP contribution in [0, 0.1) is 30.1 Å². The second-order valence-corrected chi connectivity index (χ2v) is 18.6. The highest BCUT2D eigenvalue weighted by Crippen LogP contribution is 2.41. The lowest BCUT2D eigenvalue weighted by Crippen LogP contribution is -2.60. The average Bonchev–Trinajstić information content (AvgIpc) is 3.44. The molecule has 0 aliphatic carbocycles. The fourth-order valence-electron chi connectivity index (χ4n) is 9.60. The molecule has 4 fully saturated rings. The molecule has 15 heteroatoms. The van der Waals surface area contributed by atoms with Crippen LogP contribution in [0.2, 0.25) is 0 Å². The molecule has 0 radical (unpaired) electrons. The van der Waals surface area contributed by atoms with Crippen molar-refractivity contribution in [2.24, 2.45) is 22.7 Å². The number of aliphatic hydroxyl groups is 4. The molecule has 0 aromatic carbocycles. The molecule has 0 spiro atoms. The lowest BCUT2D eigenvalue weighted by molar-refractivity contribution is -0.313. The standard InChI is InChI=1S/C43H75N3O12/c1-16-18-46-22-24(5)20-41(11,50)37(58-39-34-30(19-25(6)53-39)45(14)40(57-34)44-23(3)4)26(7)33(56-32-21-42(12,52-15)36(48)29(10)54-32)27(8)38(49)55-31(17-2)43(13,51)35(47)28(46)9/h1,23-37,39,47-48,50-51H,17-22H2,2-15H3/t24-,25-,26+,27-,28-,29+,30+,31-,32+,33+,34-,35-,36+,37-,39+,41-,42-,43-/m1/s1. The maximum absolute atomic E-state index is 14.4. The topological polar surface area (TPSA) is 181 Å². The van der Waals surface area contributed by atoms with Gasteiger partial charge >= 0.3 is 5.97 Å². The van der Waals surface area contributed by atoms with E-state index in [1.165, 1.54) is 14.0 Å². The Morgan fingerprint density at radius 3 is 2.24 bits per heavy atom. The molecule has 334 valence electrons. The molecule has 0 saturated carbocycles. The van der Waals surface area contributed by atoms with Crippen LogP contribution in [-0.2, 0) is 38.0 Å². The van der Waals surface area contributed by atoms with Gasteiger partial charge in [-0.15, -0.1) is 6.42 Å². The Bertz CT molecular complexity index is 1440. The fourth-order valence-corrected chi connectivity index (χ4v) is 9.60. The number of rotatable bonds is 8. The molecule has 15 nitrogen and oxygen atoms in total. The molecule has 4 N–H and O–H groups in total. The Morgan fingerprint density at radius 2 is 1.66 bits per heavy atom. The SMILES string of the molecule is C#CCN1C[C@H](C)C[C@@](C)(O)[C@H](O[C@@H]2O[C@H](C)C[C@H]3[C@H]2OC(=NC(C)C)N3C)[C@@H](C)[C@H](O[C@H]2C[C@@](C)(OC)[C@@H](O)[C@H](C)O2)[C@@H](C)C(=O)O[C@H](CC)[C@@](C)(O)[C@H](O)[C@H]1C. The van der Waals surface area contributed by atoms with Crippen LogP contribution in [0.3, 0.4) is 0 Å². The van der Waals surface area contributed by atoms with Crippen LogP contribution in [0.15, 0.2) is 4.99 Å². The van der Waals surface area contributed by atoms with Gasteiger partial charge < -0.3 is 58.5 Å². The maximum Gasteiger partial charge on any atom is 0.311 e. The first-order valence-electron chi connectivity index (χ1n) is 21.2. The number of hydrogen-bond acceptors (Lipinski definition) is 14. The Labute approximate surface area is 347 Å². The molecular weight excluding hydrogens is 750 g/mol. The summed E-state index contributed by atoms with van der Waals surface area (Å²) in [5.74, 6) is 0.00342. The zero-order valence-corrected chi connectivity index (χ0v) is 37.5. The van der Waals surface area contributed by atoms with E-state index in [1.54, 1.807) is 41.5 Å². The number of carbonyl (C=O) groups is 1. The van der Waals surface area contributed by atoms with E-state index in [0.29, 0.717) is 19.0 Å². The summed E-state index contributed by atoms with van der Waals surface area (Å²) in [5.41, 5.74) is -4.48. The molecule has 58 heavy (non-hydrogen) atoms. The van der Waals surface area contributed by atoms with Crippen molar-refractivity contribution in [2.75, 3.05) is 27.2 Å². The number of terminal acetylenes is 1. The normalized spacial score (nSPS) is 47.1. The van der Waals surface area contributed by atoms with Crippen molar-refractivity contribution in [3.05, 3.63) is 0 Å². The molecule has 0 unspecified atom stereocenters. The van der Waals surface area contributed by atoms with Crippen molar-refractivity contribution in [2.45, 2.75) is 205 Å². The van der Waals surface area contributed by atoms with E-state index in [2.05, 4.69) is 5.92 Å². The van der Waals surface area contributed by atoms with Gasteiger partial charge in [-0.3, -0.25) is 9.69 Å². The third-order valence-corrected chi connectivity index (χ3v) is 13.0. The number of nitrogens with zero attached hydrogens (tertiary/aromatic N) is 3. The largest absolute Gasteiger partial charge is 0.459 e. The summed E-state index contributed by atoms with van der Waals surface area (Å²) in [6, 6.07) is -0.297. The lowest BCUT2D eigenvalue weighted by atomic mass is 9.77. The van der Waals surface area contributed by atoms with E-state index in [0.717, 1.165) is 0 Å². The summed E-state index contributed by atoms with van der Waals surface area (Å²) in [5, 5.41) is 47.5. The number of aliphatic hydroxyl groups excluding tert-OH is 2. The second kappa shape index (κ2) is 19.3. The Morgan fingerprint density at radius 1 is 1.00 bits per heavy atom. The van der Waals surface area contributed by atoms with E-state index in [-0.39, 0.29) is 49.9 Å². The number of cyclic esters (lactones) is 1. The highest BCUT2D eigenvalue weighted by atomic mass is 16.7. The quantitative estimate of drug-likeness (QED) is 0.207. The van der Waals surface area contributed by atoms with Gasteiger partial charge in [0.2, 0.25) is 0 Å². The van der Waals surface area contributed by atoms with E-state index in [1.807, 2.05) is 51.5 Å². The van der Waals surface area contributed by atoms with Crippen molar-refractivity contribution in [3.8, 4) is 12.3 Å². The van der Waals surface area contributed by atoms with Crippen LogP contribution in [0.5, 0.6) is 0 Å². The number of fused-ring (bicyclic) bond motifs is 1. The van der Waals surface area contributed by atoms with Crippen molar-refractivity contribution in [1.82, 2.24) is 9.80 Å². The molecule has 18 atom stereocenters. The van der Waals surface area contributed by atoms with Crippen molar-refractivity contribution >= 4 is 12.0 Å². The number of aliphatic imine (C=N–C) groups is 1. The van der Waals surface area contributed by atoms with Gasteiger partial charge in [0.15, 0.2) is 18.7 Å². The molecule has 0 aromatic rings. The highest BCUT2D eigenvalue weighted by Gasteiger charge is 2.55. The summed E-state index contributed by atoms with van der Waals surface area (Å²) >= 11 is 0. The summed E-state index contributed by atoms with van der Waals surface area (Å²) in [6.45, 7) is 22.2.